The van der Waals surface area contributed by atoms with E-state index in [2.05, 4.69) is 76.6 Å². The second-order valence-electron chi connectivity index (χ2n) is 24.0. The van der Waals surface area contributed by atoms with Crippen molar-refractivity contribution in [1.29, 1.82) is 5.26 Å². The number of fused-ring (bicyclic) bond motifs is 7. The Balaban J connectivity index is 1.00. The van der Waals surface area contributed by atoms with Gasteiger partial charge < -0.3 is 24.6 Å². The normalized spacial score (nSPS) is 40.0. The molecule has 0 aliphatic heterocycles. The molecule has 0 aromatic carbocycles. The number of ether oxygens (including phenoxy) is 3. The van der Waals surface area contributed by atoms with Crippen LogP contribution in [-0.4, -0.2) is 73.0 Å². The van der Waals surface area contributed by atoms with Crippen LogP contribution < -0.4 is 10.1 Å². The van der Waals surface area contributed by atoms with Gasteiger partial charge in [-0.25, -0.2) is 13.4 Å². The molecule has 368 valence electrons. The Bertz CT molecular complexity index is 2330. The largest absolute Gasteiger partial charge is 0.475 e. The minimum Gasteiger partial charge on any atom is -0.475 e. The number of allylic oxidation sites excluding steroid dienone is 5. The molecule has 7 aliphatic carbocycles. The first-order chi connectivity index (χ1) is 31.5. The van der Waals surface area contributed by atoms with E-state index in [-0.39, 0.29) is 44.9 Å². The molecule has 8 rings (SSSR count). The Labute approximate surface area is 401 Å². The number of pyridine rings is 1. The van der Waals surface area contributed by atoms with Gasteiger partial charge in [0.2, 0.25) is 12.7 Å². The van der Waals surface area contributed by atoms with Gasteiger partial charge in [-0.2, -0.15) is 5.26 Å². The third-order valence-corrected chi connectivity index (χ3v) is 22.1. The Kier molecular flexibility index (Phi) is 13.4. The number of hydrogen-bond acceptors (Lipinski definition) is 11. The molecule has 1 aromatic heterocycles. The maximum atomic E-state index is 13.8. The summed E-state index contributed by atoms with van der Waals surface area (Å²) in [5.41, 5.74) is 2.86. The highest BCUT2D eigenvalue weighted by molar-refractivity contribution is 7.91. The number of aromatic nitrogens is 1. The quantitative estimate of drug-likeness (QED) is 0.110. The van der Waals surface area contributed by atoms with Gasteiger partial charge in [-0.15, -0.1) is 0 Å². The Morgan fingerprint density at radius 3 is 2.31 bits per heavy atom. The molecule has 11 nitrogen and oxygen atoms in total. The fourth-order valence-corrected chi connectivity index (χ4v) is 17.7. The number of carbonyl (C=O) groups is 2. The average Bonchev–Trinajstić information content (AvgIpc) is 3.66. The monoisotopic (exact) mass is 942 g/mol. The number of rotatable bonds is 13. The van der Waals surface area contributed by atoms with Crippen molar-refractivity contribution in [3.8, 4) is 11.9 Å². The first-order valence-electron chi connectivity index (χ1n) is 25.5. The van der Waals surface area contributed by atoms with Crippen LogP contribution in [0.2, 0.25) is 0 Å². The topological polar surface area (TPSA) is 165 Å². The number of hydrogen-bond donors (Lipinski definition) is 2. The van der Waals surface area contributed by atoms with Crippen LogP contribution in [0.1, 0.15) is 163 Å². The summed E-state index contributed by atoms with van der Waals surface area (Å²) in [6.07, 6.45) is 22.6. The van der Waals surface area contributed by atoms with Gasteiger partial charge in [0.1, 0.15) is 33.5 Å². The molecule has 67 heavy (non-hydrogen) atoms. The molecule has 0 radical (unpaired) electrons. The van der Waals surface area contributed by atoms with Crippen LogP contribution in [0.3, 0.4) is 0 Å². The van der Waals surface area contributed by atoms with Crippen molar-refractivity contribution in [3.05, 3.63) is 59.3 Å². The Morgan fingerprint density at radius 2 is 1.66 bits per heavy atom. The van der Waals surface area contributed by atoms with Gasteiger partial charge in [0, 0.05) is 24.9 Å². The van der Waals surface area contributed by atoms with Crippen molar-refractivity contribution in [1.82, 2.24) is 10.3 Å². The lowest BCUT2D eigenvalue weighted by atomic mass is 9.33. The third kappa shape index (κ3) is 8.65. The summed E-state index contributed by atoms with van der Waals surface area (Å²) in [5, 5.41) is 25.2. The van der Waals surface area contributed by atoms with E-state index in [1.807, 2.05) is 0 Å². The first kappa shape index (κ1) is 49.9. The maximum Gasteiger partial charge on any atom is 0.318 e. The number of aliphatic hydroxyl groups is 1. The van der Waals surface area contributed by atoms with E-state index in [0.29, 0.717) is 86.5 Å². The van der Waals surface area contributed by atoms with Gasteiger partial charge in [-0.1, -0.05) is 58.9 Å². The van der Waals surface area contributed by atoms with Crippen molar-refractivity contribution in [2.24, 2.45) is 56.7 Å². The fourth-order valence-electron chi connectivity index (χ4n) is 16.6. The minimum absolute atomic E-state index is 0.0195. The zero-order chi connectivity index (χ0) is 48.4. The number of sulfone groups is 1. The molecule has 5 saturated carbocycles. The van der Waals surface area contributed by atoms with Crippen LogP contribution in [-0.2, 0) is 28.9 Å². The van der Waals surface area contributed by atoms with Gasteiger partial charge in [-0.3, -0.25) is 9.59 Å². The SMILES string of the molecule is C=C(C)[C@@H]1CC[C@]2(NCCC3(O)CCC(S(C)(=O)=O)CC3)CC[C@]3(C)[C@H](CC[C@@H]4[C@@]5(C)CC=C(C6=CC[C@@](COc7ncccc7C#N)(C(=O)OCOC(C)=O)CC6)C(C)(C)[C@@H]5CC[C@]43C)[C@@H]12. The van der Waals surface area contributed by atoms with Crippen LogP contribution in [0, 0.1) is 68.0 Å². The van der Waals surface area contributed by atoms with Gasteiger partial charge in [0.25, 0.3) is 0 Å². The van der Waals surface area contributed by atoms with Crippen molar-refractivity contribution < 1.29 is 37.3 Å². The Morgan fingerprint density at radius 1 is 0.910 bits per heavy atom. The number of esters is 2. The molecule has 10 atom stereocenters. The predicted octanol–water partition coefficient (Wildman–Crippen LogP) is 10.1. The van der Waals surface area contributed by atoms with Crippen LogP contribution in [0.5, 0.6) is 5.88 Å². The summed E-state index contributed by atoms with van der Waals surface area (Å²) in [6, 6.07) is 5.44. The highest BCUT2D eigenvalue weighted by Gasteiger charge is 2.70. The number of nitrogens with one attached hydrogen (secondary N) is 1. The van der Waals surface area contributed by atoms with Crippen molar-refractivity contribution in [3.63, 3.8) is 0 Å². The molecular formula is C55H79N3O8S. The summed E-state index contributed by atoms with van der Waals surface area (Å²) in [4.78, 5) is 29.6. The molecule has 1 aromatic rings. The summed E-state index contributed by atoms with van der Waals surface area (Å²) >= 11 is 0. The van der Waals surface area contributed by atoms with E-state index in [1.54, 1.807) is 18.3 Å². The van der Waals surface area contributed by atoms with E-state index in [1.165, 1.54) is 62.0 Å². The molecule has 12 heteroatoms. The molecule has 2 N–H and O–H groups in total. The van der Waals surface area contributed by atoms with Crippen LogP contribution in [0.15, 0.2) is 53.8 Å². The van der Waals surface area contributed by atoms with Gasteiger partial charge in [0.05, 0.1) is 10.9 Å². The lowest BCUT2D eigenvalue weighted by molar-refractivity contribution is -0.221. The summed E-state index contributed by atoms with van der Waals surface area (Å²) < 4.78 is 41.2. The molecular weight excluding hydrogens is 863 g/mol. The molecule has 0 bridgehead atoms. The van der Waals surface area contributed by atoms with E-state index in [9.17, 15) is 28.4 Å². The summed E-state index contributed by atoms with van der Waals surface area (Å²) in [5.74, 6) is 1.79. The lowest BCUT2D eigenvalue weighted by Crippen LogP contribution is -2.68. The second-order valence-corrected chi connectivity index (χ2v) is 26.3. The highest BCUT2D eigenvalue weighted by Crippen LogP contribution is 2.76. The standard InChI is InChI=1S/C55H79N3O8S/c1-36(2)41-18-27-55(58-32-30-54(61)25-16-40(17-26-54)67(9,62)63)29-28-51(7)43(46(41)55)12-13-45-50(6)21-19-42(49(4,5)44(50)20-22-52(45,51)8)38-14-23-53(24-15-38,48(60)66-35-65-37(3)59)34-64-47-39(33-56)11-10-31-57-47/h10-11,14,19,31,40-41,43-46,58,61H,1,12-13,15-18,20-30,32,34-35H2,2-9H3/t40?,41-,43+,44-,45+,46+,50-,51+,52+,53+,54?,55-/m0/s1. The molecule has 7 aliphatic rings. The summed E-state index contributed by atoms with van der Waals surface area (Å²) in [6.45, 7) is 21.3. The zero-order valence-corrected chi connectivity index (χ0v) is 42.6. The number of carbonyl (C=O) groups excluding carboxylic acids is 2. The smallest absolute Gasteiger partial charge is 0.318 e. The average molecular weight is 942 g/mol. The van der Waals surface area contributed by atoms with Gasteiger partial charge in [-0.05, 0) is 197 Å². The first-order valence-corrected chi connectivity index (χ1v) is 27.4. The van der Waals surface area contributed by atoms with E-state index in [0.717, 1.165) is 32.2 Å². The fraction of sp³-hybridized carbons (Fsp3) is 0.745. The van der Waals surface area contributed by atoms with Crippen LogP contribution in [0.4, 0.5) is 0 Å². The summed E-state index contributed by atoms with van der Waals surface area (Å²) in [7, 11) is -3.09. The van der Waals surface area contributed by atoms with Gasteiger partial charge >= 0.3 is 11.9 Å². The zero-order valence-electron chi connectivity index (χ0n) is 41.8. The molecule has 0 spiro atoms. The minimum atomic E-state index is -3.09. The van der Waals surface area contributed by atoms with Crippen molar-refractivity contribution in [2.45, 2.75) is 174 Å². The van der Waals surface area contributed by atoms with Crippen LogP contribution >= 0.6 is 0 Å². The molecule has 0 unspecified atom stereocenters. The second kappa shape index (κ2) is 18.0. The molecule has 0 amide bonds. The highest BCUT2D eigenvalue weighted by atomic mass is 32.2. The van der Waals surface area contributed by atoms with E-state index < -0.39 is 39.6 Å². The predicted molar refractivity (Wildman–Crippen MR) is 259 cm³/mol. The molecule has 5 fully saturated rings. The van der Waals surface area contributed by atoms with E-state index in [4.69, 9.17) is 14.2 Å². The van der Waals surface area contributed by atoms with Crippen molar-refractivity contribution in [2.75, 3.05) is 26.2 Å². The van der Waals surface area contributed by atoms with E-state index >= 15 is 0 Å². The number of nitrogens with zero attached hydrogens (tertiary/aromatic N) is 2. The molecule has 0 saturated heterocycles. The molecule has 1 heterocycles. The van der Waals surface area contributed by atoms with Gasteiger partial charge in [0.15, 0.2) is 0 Å². The Hall–Kier alpha value is -3.53. The van der Waals surface area contributed by atoms with Crippen LogP contribution in [0.25, 0.3) is 0 Å². The maximum absolute atomic E-state index is 13.8. The number of nitriles is 1. The lowest BCUT2D eigenvalue weighted by Gasteiger charge is -2.72. The third-order valence-electron chi connectivity index (χ3n) is 20.4. The van der Waals surface area contributed by atoms with Crippen molar-refractivity contribution >= 4 is 21.8 Å².